The van der Waals surface area contributed by atoms with Crippen molar-refractivity contribution in [3.63, 3.8) is 0 Å². The van der Waals surface area contributed by atoms with E-state index in [4.69, 9.17) is 28.2 Å². The fraction of sp³-hybridized carbons (Fsp3) is 0.182. The van der Waals surface area contributed by atoms with E-state index in [-0.39, 0.29) is 0 Å². The Morgan fingerprint density at radius 3 is 2.05 bits per heavy atom. The summed E-state index contributed by atoms with van der Waals surface area (Å²) in [6.45, 7) is 2.25. The van der Waals surface area contributed by atoms with E-state index >= 15 is 0 Å². The van der Waals surface area contributed by atoms with Crippen LogP contribution in [0.5, 0.6) is 0 Å². The van der Waals surface area contributed by atoms with Crippen LogP contribution in [0.25, 0.3) is 28.1 Å². The quantitative estimate of drug-likeness (QED) is 0.175. The van der Waals surface area contributed by atoms with E-state index in [9.17, 15) is 0 Å². The maximum atomic E-state index is 6.52. The van der Waals surface area contributed by atoms with Gasteiger partial charge < -0.3 is 4.57 Å². The first-order chi connectivity index (χ1) is 18.1. The average molecular weight is 526 g/mol. The van der Waals surface area contributed by atoms with Gasteiger partial charge in [-0.15, -0.1) is 0 Å². The van der Waals surface area contributed by atoms with Gasteiger partial charge in [-0.3, -0.25) is 0 Å². The molecular formula is C33H30Cl2N2. The molecule has 0 N–H and O–H groups in total. The van der Waals surface area contributed by atoms with E-state index in [2.05, 4.69) is 78.4 Å². The van der Waals surface area contributed by atoms with E-state index < -0.39 is 0 Å². The largest absolute Gasteiger partial charge is 0.303 e. The number of unbranched alkanes of at least 4 members (excludes halogenated alkanes) is 2. The number of aromatic nitrogens is 2. The van der Waals surface area contributed by atoms with Crippen molar-refractivity contribution in [2.24, 2.45) is 0 Å². The Hall–Kier alpha value is -3.33. The molecule has 4 aromatic carbocycles. The van der Waals surface area contributed by atoms with Crippen LogP contribution in [0.1, 0.15) is 43.1 Å². The molecule has 5 aromatic rings. The van der Waals surface area contributed by atoms with E-state index in [0.29, 0.717) is 16.5 Å². The fourth-order valence-corrected chi connectivity index (χ4v) is 5.13. The molecule has 0 aliphatic rings. The van der Waals surface area contributed by atoms with Crippen LogP contribution in [0.15, 0.2) is 103 Å². The van der Waals surface area contributed by atoms with Gasteiger partial charge in [0.05, 0.1) is 10.7 Å². The van der Waals surface area contributed by atoms with Crippen molar-refractivity contribution in [3.05, 3.63) is 130 Å². The van der Waals surface area contributed by atoms with Crippen molar-refractivity contribution in [1.29, 1.82) is 0 Å². The number of rotatable bonds is 9. The van der Waals surface area contributed by atoms with Gasteiger partial charge in [0.2, 0.25) is 0 Å². The van der Waals surface area contributed by atoms with Crippen LogP contribution in [0.4, 0.5) is 0 Å². The number of para-hydroxylation sites is 1. The summed E-state index contributed by atoms with van der Waals surface area (Å²) >= 11 is 12.6. The Labute approximate surface area is 229 Å². The lowest BCUT2D eigenvalue weighted by atomic mass is 10.00. The summed E-state index contributed by atoms with van der Waals surface area (Å²) in [5.74, 6) is 0.955. The van der Waals surface area contributed by atoms with Crippen LogP contribution in [0, 0.1) is 0 Å². The number of hydrogen-bond acceptors (Lipinski definition) is 1. The first-order valence-corrected chi connectivity index (χ1v) is 13.6. The smallest absolute Gasteiger partial charge is 0.118 e. The fourth-order valence-electron chi connectivity index (χ4n) is 4.62. The number of halogens is 2. The van der Waals surface area contributed by atoms with Gasteiger partial charge in [0.25, 0.3) is 0 Å². The predicted octanol–water partition coefficient (Wildman–Crippen LogP) is 9.84. The third kappa shape index (κ3) is 6.15. The molecule has 0 spiro atoms. The summed E-state index contributed by atoms with van der Waals surface area (Å²) < 4.78 is 2.14. The highest BCUT2D eigenvalue weighted by Gasteiger charge is 2.14. The standard InChI is InChI=1S/C33H30Cl2N2/c1-2-3-5-8-24-11-15-26(16-12-24)27-17-13-25(14-18-27)21-33-36-32(30-20-19-28(34)22-31(30)35)23-37(33)29-9-6-4-7-10-29/h4,6-7,9-20,22-23H,2-3,5,8,21H2,1H3. The van der Waals surface area contributed by atoms with Gasteiger partial charge in [-0.2, -0.15) is 0 Å². The second-order valence-electron chi connectivity index (χ2n) is 9.40. The zero-order valence-corrected chi connectivity index (χ0v) is 22.5. The molecule has 0 radical (unpaired) electrons. The predicted molar refractivity (Wildman–Crippen MR) is 157 cm³/mol. The van der Waals surface area contributed by atoms with Gasteiger partial charge in [0.15, 0.2) is 0 Å². The zero-order chi connectivity index (χ0) is 25.6. The lowest BCUT2D eigenvalue weighted by Gasteiger charge is -2.09. The molecular weight excluding hydrogens is 495 g/mol. The van der Waals surface area contributed by atoms with Crippen molar-refractivity contribution in [1.82, 2.24) is 9.55 Å². The second-order valence-corrected chi connectivity index (χ2v) is 10.2. The lowest BCUT2D eigenvalue weighted by molar-refractivity contribution is 0.717. The number of benzene rings is 4. The number of nitrogens with zero attached hydrogens (tertiary/aromatic N) is 2. The summed E-state index contributed by atoms with van der Waals surface area (Å²) in [4.78, 5) is 5.00. The molecule has 0 atom stereocenters. The van der Waals surface area contributed by atoms with Crippen LogP contribution in [0.2, 0.25) is 10.0 Å². The van der Waals surface area contributed by atoms with Gasteiger partial charge in [0, 0.05) is 28.9 Å². The van der Waals surface area contributed by atoms with Crippen LogP contribution < -0.4 is 0 Å². The Kier molecular flexibility index (Phi) is 8.08. The number of hydrogen-bond donors (Lipinski definition) is 0. The minimum atomic E-state index is 0.595. The van der Waals surface area contributed by atoms with Crippen LogP contribution in [-0.2, 0) is 12.8 Å². The molecule has 0 saturated carbocycles. The van der Waals surface area contributed by atoms with Gasteiger partial charge in [-0.05, 0) is 65.4 Å². The van der Waals surface area contributed by atoms with E-state index in [1.54, 1.807) is 6.07 Å². The Balaban J connectivity index is 1.39. The van der Waals surface area contributed by atoms with Gasteiger partial charge in [0.1, 0.15) is 5.82 Å². The van der Waals surface area contributed by atoms with E-state index in [0.717, 1.165) is 29.2 Å². The SMILES string of the molecule is CCCCCc1ccc(-c2ccc(Cc3nc(-c4ccc(Cl)cc4Cl)cn3-c3ccccc3)cc2)cc1. The molecule has 0 amide bonds. The lowest BCUT2D eigenvalue weighted by Crippen LogP contribution is -2.01. The third-order valence-electron chi connectivity index (χ3n) is 6.69. The molecule has 1 aromatic heterocycles. The summed E-state index contributed by atoms with van der Waals surface area (Å²) in [6.07, 6.45) is 7.72. The minimum Gasteiger partial charge on any atom is -0.303 e. The highest BCUT2D eigenvalue weighted by atomic mass is 35.5. The molecule has 2 nitrogen and oxygen atoms in total. The molecule has 1 heterocycles. The van der Waals surface area contributed by atoms with Crippen molar-refractivity contribution < 1.29 is 0 Å². The minimum absolute atomic E-state index is 0.595. The number of aryl methyl sites for hydroxylation is 1. The Morgan fingerprint density at radius 2 is 1.41 bits per heavy atom. The first-order valence-electron chi connectivity index (χ1n) is 12.9. The molecule has 4 heteroatoms. The monoisotopic (exact) mass is 524 g/mol. The van der Waals surface area contributed by atoms with Gasteiger partial charge in [-0.25, -0.2) is 4.98 Å². The van der Waals surface area contributed by atoms with E-state index in [1.165, 1.54) is 41.5 Å². The second kappa shape index (κ2) is 11.8. The zero-order valence-electron chi connectivity index (χ0n) is 21.0. The Bertz CT molecular complexity index is 1450. The van der Waals surface area contributed by atoms with Crippen LogP contribution in [0.3, 0.4) is 0 Å². The topological polar surface area (TPSA) is 17.8 Å². The molecule has 5 rings (SSSR count). The molecule has 0 aliphatic heterocycles. The molecule has 0 aliphatic carbocycles. The van der Waals surface area contributed by atoms with E-state index in [1.807, 2.05) is 30.3 Å². The number of imidazole rings is 1. The molecule has 0 saturated heterocycles. The van der Waals surface area contributed by atoms with Crippen molar-refractivity contribution in [2.45, 2.75) is 39.0 Å². The van der Waals surface area contributed by atoms with Crippen molar-refractivity contribution in [2.75, 3.05) is 0 Å². The molecule has 0 fully saturated rings. The van der Waals surface area contributed by atoms with Gasteiger partial charge >= 0.3 is 0 Å². The van der Waals surface area contributed by atoms with Crippen LogP contribution >= 0.6 is 23.2 Å². The highest BCUT2D eigenvalue weighted by Crippen LogP contribution is 2.31. The summed E-state index contributed by atoms with van der Waals surface area (Å²) in [6, 6.07) is 33.6. The maximum Gasteiger partial charge on any atom is 0.118 e. The molecule has 0 bridgehead atoms. The normalized spacial score (nSPS) is 11.1. The average Bonchev–Trinajstić information content (AvgIpc) is 3.33. The summed E-state index contributed by atoms with van der Waals surface area (Å²) in [5, 5.41) is 1.21. The molecule has 37 heavy (non-hydrogen) atoms. The molecule has 186 valence electrons. The van der Waals surface area contributed by atoms with Crippen molar-refractivity contribution >= 4 is 23.2 Å². The third-order valence-corrected chi connectivity index (χ3v) is 7.24. The summed E-state index contributed by atoms with van der Waals surface area (Å²) in [7, 11) is 0. The molecule has 0 unspecified atom stereocenters. The maximum absolute atomic E-state index is 6.52. The van der Waals surface area contributed by atoms with Crippen molar-refractivity contribution in [3.8, 4) is 28.1 Å². The Morgan fingerprint density at radius 1 is 0.730 bits per heavy atom. The van der Waals surface area contributed by atoms with Gasteiger partial charge in [-0.1, -0.05) is 110 Å². The summed E-state index contributed by atoms with van der Waals surface area (Å²) in [5.41, 5.74) is 7.86. The van der Waals surface area contributed by atoms with Crippen LogP contribution in [-0.4, -0.2) is 9.55 Å². The highest BCUT2D eigenvalue weighted by molar-refractivity contribution is 6.36. The first kappa shape index (κ1) is 25.3.